The lowest BCUT2D eigenvalue weighted by molar-refractivity contribution is 0.480. The molecule has 1 aromatic carbocycles. The second-order valence-electron chi connectivity index (χ2n) is 3.85. The zero-order chi connectivity index (χ0) is 11.0. The number of para-hydroxylation sites is 1. The van der Waals surface area contributed by atoms with Crippen LogP contribution in [0.15, 0.2) is 28.9 Å². The fraction of sp³-hybridized carbons (Fsp3) is 0.250. The van der Waals surface area contributed by atoms with Crippen LogP contribution in [0.5, 0.6) is 5.75 Å². The summed E-state index contributed by atoms with van der Waals surface area (Å²) in [6, 6.07) is 5.49. The van der Waals surface area contributed by atoms with Gasteiger partial charge in [0.15, 0.2) is 0 Å². The number of hydrogen-bond donors (Lipinski definition) is 1. The van der Waals surface area contributed by atoms with Gasteiger partial charge in [-0.1, -0.05) is 26.0 Å². The van der Waals surface area contributed by atoms with E-state index in [9.17, 15) is 5.11 Å². The average Bonchev–Trinajstić information content (AvgIpc) is 2.17. The van der Waals surface area contributed by atoms with E-state index in [1.165, 1.54) is 5.56 Å². The molecule has 0 radical (unpaired) electrons. The van der Waals surface area contributed by atoms with Crippen LogP contribution in [0, 0.1) is 0 Å². The van der Waals surface area contributed by atoms with Gasteiger partial charge in [0.2, 0.25) is 0 Å². The van der Waals surface area contributed by atoms with Gasteiger partial charge in [0.1, 0.15) is 11.3 Å². The average molecular weight is 266 g/mol. The highest BCUT2D eigenvalue weighted by molar-refractivity contribution is 9.10. The fourth-order valence-electron chi connectivity index (χ4n) is 1.79. The molecule has 0 bridgehead atoms. The minimum atomic E-state index is 0.238. The van der Waals surface area contributed by atoms with Crippen molar-refractivity contribution in [2.45, 2.75) is 19.8 Å². The third kappa shape index (κ3) is 1.72. The highest BCUT2D eigenvalue weighted by Crippen LogP contribution is 2.33. The minimum absolute atomic E-state index is 0.238. The second-order valence-corrected chi connectivity index (χ2v) is 4.70. The second kappa shape index (κ2) is 3.81. The zero-order valence-corrected chi connectivity index (χ0v) is 10.2. The molecular formula is C12H12BrNO. The molecule has 0 amide bonds. The molecule has 0 saturated heterocycles. The summed E-state index contributed by atoms with van der Waals surface area (Å²) < 4.78 is 0.996. The van der Waals surface area contributed by atoms with Crippen LogP contribution in [-0.2, 0) is 0 Å². The smallest absolute Gasteiger partial charge is 0.141 e. The molecule has 0 fully saturated rings. The monoisotopic (exact) mass is 265 g/mol. The Hall–Kier alpha value is -1.09. The lowest BCUT2D eigenvalue weighted by Gasteiger charge is -2.12. The number of phenols is 1. The molecule has 3 heteroatoms. The lowest BCUT2D eigenvalue weighted by atomic mass is 9.99. The lowest BCUT2D eigenvalue weighted by Crippen LogP contribution is -1.93. The Morgan fingerprint density at radius 3 is 2.73 bits per heavy atom. The third-order valence-electron chi connectivity index (χ3n) is 2.45. The van der Waals surface area contributed by atoms with E-state index in [1.807, 2.05) is 12.1 Å². The number of pyridine rings is 1. The van der Waals surface area contributed by atoms with Crippen molar-refractivity contribution in [1.82, 2.24) is 4.98 Å². The normalized spacial score (nSPS) is 11.2. The summed E-state index contributed by atoms with van der Waals surface area (Å²) in [6.45, 7) is 4.26. The largest absolute Gasteiger partial charge is 0.506 e. The molecule has 1 heterocycles. The van der Waals surface area contributed by atoms with E-state index in [4.69, 9.17) is 0 Å². The van der Waals surface area contributed by atoms with Gasteiger partial charge in [0.05, 0.1) is 0 Å². The van der Waals surface area contributed by atoms with Crippen molar-refractivity contribution in [3.63, 3.8) is 0 Å². The molecule has 0 spiro atoms. The van der Waals surface area contributed by atoms with Crippen LogP contribution >= 0.6 is 15.9 Å². The maximum atomic E-state index is 9.69. The number of phenolic OH excluding ortho intramolecular Hbond substituents is 1. The number of nitrogens with zero attached hydrogens (tertiary/aromatic N) is 1. The topological polar surface area (TPSA) is 33.1 Å². The van der Waals surface area contributed by atoms with E-state index in [1.54, 1.807) is 12.3 Å². The van der Waals surface area contributed by atoms with Gasteiger partial charge < -0.3 is 5.11 Å². The molecular weight excluding hydrogens is 254 g/mol. The van der Waals surface area contributed by atoms with Crippen LogP contribution in [0.4, 0.5) is 0 Å². The van der Waals surface area contributed by atoms with E-state index in [-0.39, 0.29) is 5.75 Å². The predicted molar refractivity (Wildman–Crippen MR) is 65.2 cm³/mol. The minimum Gasteiger partial charge on any atom is -0.506 e. The van der Waals surface area contributed by atoms with Crippen LogP contribution in [-0.4, -0.2) is 10.1 Å². The van der Waals surface area contributed by atoms with E-state index in [2.05, 4.69) is 34.8 Å². The molecule has 0 saturated carbocycles. The van der Waals surface area contributed by atoms with Crippen molar-refractivity contribution < 1.29 is 5.11 Å². The highest BCUT2D eigenvalue weighted by Gasteiger charge is 2.11. The molecule has 0 aliphatic rings. The third-order valence-corrected chi connectivity index (χ3v) is 3.08. The molecule has 2 rings (SSSR count). The van der Waals surface area contributed by atoms with Gasteiger partial charge in [-0.05, 0) is 33.5 Å². The molecule has 2 nitrogen and oxygen atoms in total. The number of benzene rings is 1. The number of fused-ring (bicyclic) bond motifs is 1. The summed E-state index contributed by atoms with van der Waals surface area (Å²) in [4.78, 5) is 4.23. The van der Waals surface area contributed by atoms with Gasteiger partial charge in [-0.3, -0.25) is 4.98 Å². The maximum absolute atomic E-state index is 9.69. The van der Waals surface area contributed by atoms with Crippen molar-refractivity contribution in [3.05, 3.63) is 34.4 Å². The quantitative estimate of drug-likeness (QED) is 0.851. The first-order valence-corrected chi connectivity index (χ1v) is 5.66. The molecule has 0 aliphatic heterocycles. The Bertz CT molecular complexity index is 508. The fourth-order valence-corrected chi connectivity index (χ4v) is 2.56. The molecule has 78 valence electrons. The van der Waals surface area contributed by atoms with Gasteiger partial charge in [0.25, 0.3) is 0 Å². The molecule has 2 aromatic rings. The van der Waals surface area contributed by atoms with Crippen LogP contribution in [0.3, 0.4) is 0 Å². The maximum Gasteiger partial charge on any atom is 0.141 e. The molecule has 0 aliphatic carbocycles. The van der Waals surface area contributed by atoms with E-state index < -0.39 is 0 Å². The SMILES string of the molecule is CC(C)c1c(Br)cnc2c(O)cccc12. The van der Waals surface area contributed by atoms with Crippen molar-refractivity contribution in [3.8, 4) is 5.75 Å². The van der Waals surface area contributed by atoms with Crippen molar-refractivity contribution >= 4 is 26.8 Å². The first-order valence-electron chi connectivity index (χ1n) is 4.87. The Morgan fingerprint density at radius 1 is 1.33 bits per heavy atom. The first-order chi connectivity index (χ1) is 7.11. The van der Waals surface area contributed by atoms with E-state index >= 15 is 0 Å². The number of aromatic hydroxyl groups is 1. The summed E-state index contributed by atoms with van der Waals surface area (Å²) in [7, 11) is 0. The molecule has 1 N–H and O–H groups in total. The molecule has 1 aromatic heterocycles. The molecule has 15 heavy (non-hydrogen) atoms. The number of rotatable bonds is 1. The summed E-state index contributed by atoms with van der Waals surface area (Å²) in [6.07, 6.45) is 1.75. The van der Waals surface area contributed by atoms with Gasteiger partial charge in [-0.2, -0.15) is 0 Å². The Morgan fingerprint density at radius 2 is 2.07 bits per heavy atom. The summed E-state index contributed by atoms with van der Waals surface area (Å²) in [5.41, 5.74) is 1.86. The van der Waals surface area contributed by atoms with E-state index in [0.29, 0.717) is 11.4 Å². The first kappa shape index (κ1) is 10.4. The standard InChI is InChI=1S/C12H12BrNO/c1-7(2)11-8-4-3-5-10(15)12(8)14-6-9(11)13/h3-7,15H,1-2H3. The van der Waals surface area contributed by atoms with Crippen LogP contribution < -0.4 is 0 Å². The van der Waals surface area contributed by atoms with Crippen molar-refractivity contribution in [2.24, 2.45) is 0 Å². The van der Waals surface area contributed by atoms with Gasteiger partial charge in [-0.15, -0.1) is 0 Å². The number of aromatic nitrogens is 1. The van der Waals surface area contributed by atoms with Gasteiger partial charge in [-0.25, -0.2) is 0 Å². The van der Waals surface area contributed by atoms with Gasteiger partial charge >= 0.3 is 0 Å². The van der Waals surface area contributed by atoms with Crippen molar-refractivity contribution in [2.75, 3.05) is 0 Å². The Kier molecular flexibility index (Phi) is 2.65. The summed E-state index contributed by atoms with van der Waals surface area (Å²) in [5, 5.41) is 10.7. The van der Waals surface area contributed by atoms with Crippen LogP contribution in [0.1, 0.15) is 25.3 Å². The number of halogens is 1. The Balaban J connectivity index is 2.88. The molecule has 0 unspecified atom stereocenters. The van der Waals surface area contributed by atoms with Crippen LogP contribution in [0.2, 0.25) is 0 Å². The van der Waals surface area contributed by atoms with Gasteiger partial charge in [0, 0.05) is 16.1 Å². The summed E-state index contributed by atoms with van der Waals surface area (Å²) in [5.74, 6) is 0.633. The van der Waals surface area contributed by atoms with Crippen molar-refractivity contribution in [1.29, 1.82) is 0 Å². The Labute approximate surface area is 97.1 Å². The number of hydrogen-bond acceptors (Lipinski definition) is 2. The highest BCUT2D eigenvalue weighted by atomic mass is 79.9. The van der Waals surface area contributed by atoms with E-state index in [0.717, 1.165) is 9.86 Å². The molecule has 0 atom stereocenters. The summed E-state index contributed by atoms with van der Waals surface area (Å²) >= 11 is 3.50. The van der Waals surface area contributed by atoms with Crippen LogP contribution in [0.25, 0.3) is 10.9 Å². The predicted octanol–water partition coefficient (Wildman–Crippen LogP) is 3.83. The zero-order valence-electron chi connectivity index (χ0n) is 8.66.